The zero-order valence-corrected chi connectivity index (χ0v) is 19.2. The number of para-hydroxylation sites is 2. The van der Waals surface area contributed by atoms with E-state index in [0.717, 1.165) is 45.2 Å². The summed E-state index contributed by atoms with van der Waals surface area (Å²) in [6.07, 6.45) is 0. The predicted octanol–water partition coefficient (Wildman–Crippen LogP) is 8.44. The van der Waals surface area contributed by atoms with Crippen molar-refractivity contribution in [3.63, 3.8) is 0 Å². The molecule has 0 unspecified atom stereocenters. The summed E-state index contributed by atoms with van der Waals surface area (Å²) in [5.74, 6) is 0.206. The molecular formula is C31H21F2N3. The van der Waals surface area contributed by atoms with Crippen LogP contribution in [0.15, 0.2) is 127 Å². The average molecular weight is 474 g/mol. The van der Waals surface area contributed by atoms with Crippen molar-refractivity contribution in [3.05, 3.63) is 139 Å². The number of aromatic nitrogens is 2. The molecule has 5 aromatic carbocycles. The molecule has 0 amide bonds. The summed E-state index contributed by atoms with van der Waals surface area (Å²) in [4.78, 5) is 6.91. The molecule has 3 nitrogen and oxygen atoms in total. The van der Waals surface area contributed by atoms with Gasteiger partial charge < -0.3 is 4.90 Å². The Bertz CT molecular complexity index is 1590. The van der Waals surface area contributed by atoms with Crippen LogP contribution in [0.25, 0.3) is 28.1 Å². The molecule has 1 aromatic heterocycles. The van der Waals surface area contributed by atoms with Gasteiger partial charge in [0.25, 0.3) is 0 Å². The Kier molecular flexibility index (Phi) is 5.51. The van der Waals surface area contributed by atoms with Crippen molar-refractivity contribution in [1.29, 1.82) is 0 Å². The largest absolute Gasteiger partial charge is 0.310 e. The van der Waals surface area contributed by atoms with Crippen molar-refractivity contribution in [2.24, 2.45) is 0 Å². The topological polar surface area (TPSA) is 21.1 Å². The van der Waals surface area contributed by atoms with E-state index in [2.05, 4.69) is 16.7 Å². The van der Waals surface area contributed by atoms with Crippen LogP contribution in [0.2, 0.25) is 0 Å². The minimum absolute atomic E-state index is 0.316. The van der Waals surface area contributed by atoms with Crippen LogP contribution in [-0.2, 0) is 0 Å². The summed E-state index contributed by atoms with van der Waals surface area (Å²) >= 11 is 0. The van der Waals surface area contributed by atoms with Gasteiger partial charge in [-0.3, -0.25) is 4.57 Å². The van der Waals surface area contributed by atoms with Gasteiger partial charge in [0.2, 0.25) is 0 Å². The lowest BCUT2D eigenvalue weighted by atomic mass is 10.1. The molecule has 0 N–H and O–H groups in total. The molecule has 0 aliphatic rings. The van der Waals surface area contributed by atoms with Crippen LogP contribution in [0.1, 0.15) is 0 Å². The summed E-state index contributed by atoms with van der Waals surface area (Å²) < 4.78 is 29.6. The number of rotatable bonds is 5. The summed E-state index contributed by atoms with van der Waals surface area (Å²) in [6, 6.07) is 38.7. The second-order valence-corrected chi connectivity index (χ2v) is 8.43. The molecule has 6 rings (SSSR count). The molecule has 0 saturated carbocycles. The highest BCUT2D eigenvalue weighted by atomic mass is 19.1. The fourth-order valence-corrected chi connectivity index (χ4v) is 4.47. The fourth-order valence-electron chi connectivity index (χ4n) is 4.47. The summed E-state index contributed by atoms with van der Waals surface area (Å²) in [5.41, 5.74) is 6.20. The van der Waals surface area contributed by atoms with E-state index in [1.54, 1.807) is 24.3 Å². The standard InChI is InChI=1S/C31H21F2N3/c32-23-13-17-25(18-14-23)35(26-19-15-24(33)16-20-26)27-9-6-10-28(21-27)36-30-12-5-4-11-29(30)34-31(36)22-7-2-1-3-8-22/h1-21H. The molecule has 1 heterocycles. The molecule has 0 spiro atoms. The van der Waals surface area contributed by atoms with Gasteiger partial charge in [-0.1, -0.05) is 48.5 Å². The Morgan fingerprint density at radius 2 is 1.17 bits per heavy atom. The van der Waals surface area contributed by atoms with Gasteiger partial charge in [-0.2, -0.15) is 0 Å². The van der Waals surface area contributed by atoms with Crippen molar-refractivity contribution in [1.82, 2.24) is 9.55 Å². The number of anilines is 3. The Balaban J connectivity index is 1.55. The van der Waals surface area contributed by atoms with Gasteiger partial charge in [-0.15, -0.1) is 0 Å². The lowest BCUT2D eigenvalue weighted by molar-refractivity contribution is 0.628. The Morgan fingerprint density at radius 1 is 0.556 bits per heavy atom. The lowest BCUT2D eigenvalue weighted by Crippen LogP contribution is -2.10. The minimum Gasteiger partial charge on any atom is -0.310 e. The SMILES string of the molecule is Fc1ccc(N(c2ccc(F)cc2)c2cccc(-n3c(-c4ccccc4)nc4ccccc43)c2)cc1. The second kappa shape index (κ2) is 9.12. The number of hydrogen-bond acceptors (Lipinski definition) is 2. The van der Waals surface area contributed by atoms with E-state index in [0.29, 0.717) is 0 Å². The summed E-state index contributed by atoms with van der Waals surface area (Å²) in [6.45, 7) is 0. The smallest absolute Gasteiger partial charge is 0.145 e. The molecule has 0 aliphatic heterocycles. The van der Waals surface area contributed by atoms with Gasteiger partial charge in [-0.05, 0) is 78.9 Å². The van der Waals surface area contributed by atoms with Crippen molar-refractivity contribution >= 4 is 28.1 Å². The van der Waals surface area contributed by atoms with Crippen LogP contribution in [0.3, 0.4) is 0 Å². The van der Waals surface area contributed by atoms with Gasteiger partial charge in [0.1, 0.15) is 17.5 Å². The van der Waals surface area contributed by atoms with Gasteiger partial charge in [0, 0.05) is 28.3 Å². The van der Waals surface area contributed by atoms with Crippen molar-refractivity contribution in [2.45, 2.75) is 0 Å². The van der Waals surface area contributed by atoms with Gasteiger partial charge >= 0.3 is 0 Å². The van der Waals surface area contributed by atoms with E-state index < -0.39 is 0 Å². The van der Waals surface area contributed by atoms with Gasteiger partial charge in [-0.25, -0.2) is 13.8 Å². The molecule has 0 radical (unpaired) electrons. The molecule has 0 bridgehead atoms. The van der Waals surface area contributed by atoms with E-state index in [1.807, 2.05) is 71.6 Å². The Hall–Kier alpha value is -4.77. The first kappa shape index (κ1) is 21.7. The number of fused-ring (bicyclic) bond motifs is 1. The third-order valence-corrected chi connectivity index (χ3v) is 6.11. The van der Waals surface area contributed by atoms with E-state index >= 15 is 0 Å². The Labute approximate surface area is 207 Å². The van der Waals surface area contributed by atoms with Crippen molar-refractivity contribution < 1.29 is 8.78 Å². The minimum atomic E-state index is -0.316. The van der Waals surface area contributed by atoms with E-state index in [9.17, 15) is 8.78 Å². The highest BCUT2D eigenvalue weighted by Crippen LogP contribution is 2.37. The van der Waals surface area contributed by atoms with Gasteiger partial charge in [0.05, 0.1) is 11.0 Å². The summed E-state index contributed by atoms with van der Waals surface area (Å²) in [5, 5.41) is 0. The predicted molar refractivity (Wildman–Crippen MR) is 141 cm³/mol. The van der Waals surface area contributed by atoms with Gasteiger partial charge in [0.15, 0.2) is 0 Å². The first-order chi connectivity index (χ1) is 17.7. The molecule has 174 valence electrons. The van der Waals surface area contributed by atoms with E-state index in [-0.39, 0.29) is 11.6 Å². The summed E-state index contributed by atoms with van der Waals surface area (Å²) in [7, 11) is 0. The monoisotopic (exact) mass is 473 g/mol. The number of imidazole rings is 1. The third-order valence-electron chi connectivity index (χ3n) is 6.11. The first-order valence-electron chi connectivity index (χ1n) is 11.6. The number of hydrogen-bond donors (Lipinski definition) is 0. The molecule has 0 aliphatic carbocycles. The zero-order valence-electron chi connectivity index (χ0n) is 19.2. The normalized spacial score (nSPS) is 11.1. The van der Waals surface area contributed by atoms with E-state index in [1.165, 1.54) is 24.3 Å². The number of benzene rings is 5. The highest BCUT2D eigenvalue weighted by molar-refractivity contribution is 5.84. The van der Waals surface area contributed by atoms with Crippen LogP contribution in [0, 0.1) is 11.6 Å². The number of nitrogens with zero attached hydrogens (tertiary/aromatic N) is 3. The second-order valence-electron chi connectivity index (χ2n) is 8.43. The quantitative estimate of drug-likeness (QED) is 0.250. The van der Waals surface area contributed by atoms with Crippen molar-refractivity contribution in [3.8, 4) is 17.1 Å². The highest BCUT2D eigenvalue weighted by Gasteiger charge is 2.17. The van der Waals surface area contributed by atoms with Crippen LogP contribution in [0.5, 0.6) is 0 Å². The maximum atomic E-state index is 13.7. The first-order valence-corrected chi connectivity index (χ1v) is 11.6. The lowest BCUT2D eigenvalue weighted by Gasteiger charge is -2.26. The fraction of sp³-hybridized carbons (Fsp3) is 0. The van der Waals surface area contributed by atoms with Crippen molar-refractivity contribution in [2.75, 3.05) is 4.90 Å². The van der Waals surface area contributed by atoms with Crippen LogP contribution in [-0.4, -0.2) is 9.55 Å². The molecule has 6 aromatic rings. The third kappa shape index (κ3) is 4.01. The Morgan fingerprint density at radius 3 is 1.83 bits per heavy atom. The molecule has 0 fully saturated rings. The number of halogens is 2. The van der Waals surface area contributed by atoms with E-state index in [4.69, 9.17) is 4.98 Å². The maximum absolute atomic E-state index is 13.7. The molecular weight excluding hydrogens is 452 g/mol. The molecule has 0 saturated heterocycles. The molecule has 0 atom stereocenters. The zero-order chi connectivity index (χ0) is 24.5. The maximum Gasteiger partial charge on any atom is 0.145 e. The average Bonchev–Trinajstić information content (AvgIpc) is 3.31. The van der Waals surface area contributed by atoms with Crippen LogP contribution < -0.4 is 4.90 Å². The molecule has 36 heavy (non-hydrogen) atoms. The van der Waals surface area contributed by atoms with Crippen LogP contribution in [0.4, 0.5) is 25.8 Å². The van der Waals surface area contributed by atoms with Crippen LogP contribution >= 0.6 is 0 Å². The molecule has 5 heteroatoms.